The highest BCUT2D eigenvalue weighted by atomic mass is 32.5. The first kappa shape index (κ1) is 13.3. The van der Waals surface area contributed by atoms with Crippen molar-refractivity contribution >= 4 is 29.9 Å². The van der Waals surface area contributed by atoms with E-state index in [0.717, 1.165) is 0 Å². The van der Waals surface area contributed by atoms with Crippen molar-refractivity contribution in [1.29, 1.82) is 0 Å². The first-order valence-corrected chi connectivity index (χ1v) is 7.14. The standard InChI is InChI=1S/C9H12NO4PS/c10-7(5-11)3-6-1-2-8(12)4-9(6)15(13,14)16/h1-2,4-5,7,12H,3,10H2,(H2,13,14,16)/t7-/m0/s1. The molecule has 0 heterocycles. The molecule has 0 saturated carbocycles. The number of rotatable bonds is 4. The van der Waals surface area contributed by atoms with Gasteiger partial charge in [0.25, 0.3) is 0 Å². The van der Waals surface area contributed by atoms with Crippen LogP contribution in [0.3, 0.4) is 0 Å². The van der Waals surface area contributed by atoms with Gasteiger partial charge >= 0.3 is 0 Å². The molecule has 5 N–H and O–H groups in total. The van der Waals surface area contributed by atoms with Crippen molar-refractivity contribution in [3.8, 4) is 5.75 Å². The van der Waals surface area contributed by atoms with Crippen molar-refractivity contribution in [2.24, 2.45) is 5.73 Å². The molecule has 0 aliphatic rings. The van der Waals surface area contributed by atoms with Crippen molar-refractivity contribution < 1.29 is 19.7 Å². The molecule has 0 aliphatic heterocycles. The maximum Gasteiger partial charge on any atom is 0.214 e. The number of aldehydes is 1. The molecule has 1 aromatic carbocycles. The maximum absolute atomic E-state index is 10.4. The van der Waals surface area contributed by atoms with E-state index in [1.54, 1.807) is 0 Å². The average Bonchev–Trinajstić information content (AvgIpc) is 2.19. The van der Waals surface area contributed by atoms with E-state index in [1.807, 2.05) is 0 Å². The van der Waals surface area contributed by atoms with Crippen LogP contribution >= 0.6 is 6.49 Å². The minimum atomic E-state index is -3.65. The third-order valence-electron chi connectivity index (χ3n) is 2.01. The van der Waals surface area contributed by atoms with Crippen molar-refractivity contribution in [2.75, 3.05) is 0 Å². The maximum atomic E-state index is 10.4. The molecule has 0 fully saturated rings. The number of hydrogen-bond acceptors (Lipinski definition) is 4. The van der Waals surface area contributed by atoms with E-state index in [-0.39, 0.29) is 17.5 Å². The van der Waals surface area contributed by atoms with E-state index in [1.165, 1.54) is 18.2 Å². The summed E-state index contributed by atoms with van der Waals surface area (Å²) in [7, 11) is 0. The quantitative estimate of drug-likeness (QED) is 0.425. The Morgan fingerprint density at radius 2 is 2.12 bits per heavy atom. The molecule has 0 aliphatic carbocycles. The Balaban J connectivity index is 3.18. The van der Waals surface area contributed by atoms with Crippen LogP contribution in [-0.2, 0) is 23.0 Å². The number of benzene rings is 1. The molecular weight excluding hydrogens is 249 g/mol. The highest BCUT2D eigenvalue weighted by Gasteiger charge is 2.18. The molecule has 5 nitrogen and oxygen atoms in total. The lowest BCUT2D eigenvalue weighted by molar-refractivity contribution is -0.108. The molecule has 16 heavy (non-hydrogen) atoms. The summed E-state index contributed by atoms with van der Waals surface area (Å²) in [6.07, 6.45) is 0.716. The molecule has 7 heteroatoms. The lowest BCUT2D eigenvalue weighted by Crippen LogP contribution is -2.27. The lowest BCUT2D eigenvalue weighted by Gasteiger charge is -2.14. The summed E-state index contributed by atoms with van der Waals surface area (Å²) in [4.78, 5) is 29.3. The number of nitrogens with two attached hydrogens (primary N) is 1. The molecule has 0 unspecified atom stereocenters. The average molecular weight is 261 g/mol. The Labute approximate surface area is 97.7 Å². The Bertz CT molecular complexity index is 445. The van der Waals surface area contributed by atoms with Gasteiger partial charge in [-0.05, 0) is 35.9 Å². The number of carbonyl (C=O) groups excluding carboxylic acids is 1. The molecule has 0 saturated heterocycles. The Kier molecular flexibility index (Phi) is 4.18. The van der Waals surface area contributed by atoms with E-state index >= 15 is 0 Å². The molecule has 0 aromatic heterocycles. The van der Waals surface area contributed by atoms with Crippen LogP contribution in [0.5, 0.6) is 5.75 Å². The van der Waals surface area contributed by atoms with Crippen LogP contribution in [0.1, 0.15) is 5.56 Å². The van der Waals surface area contributed by atoms with Crippen molar-refractivity contribution in [2.45, 2.75) is 12.5 Å². The van der Waals surface area contributed by atoms with Gasteiger partial charge in [0.15, 0.2) is 0 Å². The molecule has 0 spiro atoms. The molecule has 1 rings (SSSR count). The molecule has 0 radical (unpaired) electrons. The summed E-state index contributed by atoms with van der Waals surface area (Å²) in [6.45, 7) is -3.65. The predicted molar refractivity (Wildman–Crippen MR) is 64.2 cm³/mol. The summed E-state index contributed by atoms with van der Waals surface area (Å²) >= 11 is 4.57. The molecule has 0 bridgehead atoms. The van der Waals surface area contributed by atoms with Crippen LogP contribution in [-0.4, -0.2) is 27.2 Å². The summed E-state index contributed by atoms with van der Waals surface area (Å²) in [5.41, 5.74) is 5.90. The smallest absolute Gasteiger partial charge is 0.214 e. The van der Waals surface area contributed by atoms with Gasteiger partial charge in [-0.25, -0.2) is 0 Å². The van der Waals surface area contributed by atoms with Crippen LogP contribution in [0.2, 0.25) is 0 Å². The Morgan fingerprint density at radius 1 is 1.50 bits per heavy atom. The van der Waals surface area contributed by atoms with Crippen LogP contribution < -0.4 is 11.0 Å². The molecule has 1 atom stereocenters. The van der Waals surface area contributed by atoms with Gasteiger partial charge in [-0.15, -0.1) is 0 Å². The number of phenols is 1. The summed E-state index contributed by atoms with van der Waals surface area (Å²) in [5, 5.41) is 9.31. The van der Waals surface area contributed by atoms with Crippen LogP contribution in [0, 0.1) is 0 Å². The van der Waals surface area contributed by atoms with Gasteiger partial charge in [0.1, 0.15) is 12.0 Å². The van der Waals surface area contributed by atoms with Crippen molar-refractivity contribution in [1.82, 2.24) is 0 Å². The second-order valence-electron chi connectivity index (χ2n) is 3.36. The fourth-order valence-corrected chi connectivity index (χ4v) is 2.65. The largest absolute Gasteiger partial charge is 0.508 e. The third kappa shape index (κ3) is 3.37. The zero-order valence-corrected chi connectivity index (χ0v) is 9.99. The first-order chi connectivity index (χ1) is 7.34. The third-order valence-corrected chi connectivity index (χ3v) is 3.65. The van der Waals surface area contributed by atoms with Crippen LogP contribution in [0.4, 0.5) is 0 Å². The van der Waals surface area contributed by atoms with Gasteiger partial charge < -0.3 is 25.4 Å². The minimum absolute atomic E-state index is 0.0693. The fourth-order valence-electron chi connectivity index (χ4n) is 1.30. The number of hydrogen-bond donors (Lipinski definition) is 4. The topological polar surface area (TPSA) is 104 Å². The number of aromatic hydroxyl groups is 1. The molecule has 0 amide bonds. The lowest BCUT2D eigenvalue weighted by atomic mass is 10.1. The van der Waals surface area contributed by atoms with Gasteiger partial charge in [0.2, 0.25) is 6.49 Å². The van der Waals surface area contributed by atoms with Gasteiger partial charge in [0.05, 0.1) is 6.04 Å². The highest BCUT2D eigenvalue weighted by Crippen LogP contribution is 2.36. The Hall–Kier alpha value is -0.780. The molecule has 88 valence electrons. The molecule has 1 aromatic rings. The zero-order valence-electron chi connectivity index (χ0n) is 8.28. The van der Waals surface area contributed by atoms with Crippen molar-refractivity contribution in [3.05, 3.63) is 23.8 Å². The van der Waals surface area contributed by atoms with E-state index in [4.69, 9.17) is 5.73 Å². The summed E-state index contributed by atoms with van der Waals surface area (Å²) < 4.78 is 0. The van der Waals surface area contributed by atoms with Crippen LogP contribution in [0.25, 0.3) is 0 Å². The van der Waals surface area contributed by atoms with E-state index in [2.05, 4.69) is 11.8 Å². The normalized spacial score (nSPS) is 13.4. The van der Waals surface area contributed by atoms with Crippen LogP contribution in [0.15, 0.2) is 18.2 Å². The second-order valence-corrected chi connectivity index (χ2v) is 6.46. The highest BCUT2D eigenvalue weighted by molar-refractivity contribution is 8.12. The summed E-state index contributed by atoms with van der Waals surface area (Å²) in [6, 6.07) is 3.31. The number of carbonyl (C=O) groups is 1. The van der Waals surface area contributed by atoms with E-state index < -0.39 is 12.5 Å². The molecular formula is C9H12NO4PS. The van der Waals surface area contributed by atoms with E-state index in [0.29, 0.717) is 11.8 Å². The zero-order chi connectivity index (χ0) is 12.3. The number of phenolic OH excluding ortho intramolecular Hbond substituents is 1. The second kappa shape index (κ2) is 5.03. The van der Waals surface area contributed by atoms with Gasteiger partial charge in [-0.3, -0.25) is 0 Å². The van der Waals surface area contributed by atoms with Crippen molar-refractivity contribution in [3.63, 3.8) is 0 Å². The summed E-state index contributed by atoms with van der Waals surface area (Å²) in [5.74, 6) is -0.115. The SMILES string of the molecule is N[C@H](C=O)Cc1ccc(O)cc1P(O)(O)=S. The Morgan fingerprint density at radius 3 is 2.62 bits per heavy atom. The van der Waals surface area contributed by atoms with E-state index in [9.17, 15) is 19.7 Å². The minimum Gasteiger partial charge on any atom is -0.508 e. The fraction of sp³-hybridized carbons (Fsp3) is 0.222. The van der Waals surface area contributed by atoms with Gasteiger partial charge in [0, 0.05) is 5.30 Å². The predicted octanol–water partition coefficient (Wildman–Crippen LogP) is -0.620. The van der Waals surface area contributed by atoms with Gasteiger partial charge in [-0.2, -0.15) is 0 Å². The first-order valence-electron chi connectivity index (χ1n) is 4.43. The monoisotopic (exact) mass is 261 g/mol. The van der Waals surface area contributed by atoms with Gasteiger partial charge in [-0.1, -0.05) is 6.07 Å².